The third-order valence-corrected chi connectivity index (χ3v) is 6.37. The number of fused-ring (bicyclic) bond motifs is 1. The maximum absolute atomic E-state index is 6.44. The molecule has 7 nitrogen and oxygen atoms in total. The summed E-state index contributed by atoms with van der Waals surface area (Å²) < 4.78 is 6.16. The molecule has 31 heavy (non-hydrogen) atoms. The zero-order valence-corrected chi connectivity index (χ0v) is 18.3. The van der Waals surface area contributed by atoms with Crippen molar-refractivity contribution in [2.75, 3.05) is 4.90 Å². The van der Waals surface area contributed by atoms with Crippen LogP contribution in [0.1, 0.15) is 48.8 Å². The molecule has 2 aliphatic rings. The van der Waals surface area contributed by atoms with E-state index in [0.717, 1.165) is 59.2 Å². The van der Waals surface area contributed by atoms with Crippen molar-refractivity contribution in [3.63, 3.8) is 0 Å². The summed E-state index contributed by atoms with van der Waals surface area (Å²) in [6, 6.07) is 10.3. The van der Waals surface area contributed by atoms with Gasteiger partial charge < -0.3 is 15.9 Å². The summed E-state index contributed by atoms with van der Waals surface area (Å²) in [6.07, 6.45) is 5.17. The summed E-state index contributed by atoms with van der Waals surface area (Å²) in [5, 5.41) is 0. The van der Waals surface area contributed by atoms with Crippen LogP contribution in [-0.2, 0) is 0 Å². The molecule has 1 aliphatic carbocycles. The van der Waals surface area contributed by atoms with Crippen LogP contribution in [0.4, 0.5) is 5.69 Å². The van der Waals surface area contributed by atoms with Crippen molar-refractivity contribution in [1.82, 2.24) is 4.98 Å². The summed E-state index contributed by atoms with van der Waals surface area (Å²) >= 11 is 0. The Morgan fingerprint density at radius 3 is 2.52 bits per heavy atom. The van der Waals surface area contributed by atoms with Crippen LogP contribution in [0.3, 0.4) is 0 Å². The molecule has 0 unspecified atom stereocenters. The minimum Gasteiger partial charge on any atom is -0.436 e. The minimum absolute atomic E-state index is 0.259. The average Bonchev–Trinajstić information content (AvgIpc) is 3.14. The van der Waals surface area contributed by atoms with Gasteiger partial charge in [0.15, 0.2) is 5.58 Å². The first-order chi connectivity index (χ1) is 14.9. The Morgan fingerprint density at radius 1 is 0.968 bits per heavy atom. The number of guanidine groups is 2. The normalized spacial score (nSPS) is 18.4. The molecule has 7 heteroatoms. The Bertz CT molecular complexity index is 1230. The molecular weight excluding hydrogens is 388 g/mol. The van der Waals surface area contributed by atoms with Gasteiger partial charge in [-0.1, -0.05) is 18.6 Å². The van der Waals surface area contributed by atoms with Gasteiger partial charge in [0.1, 0.15) is 11.2 Å². The molecule has 1 aliphatic heterocycles. The van der Waals surface area contributed by atoms with Crippen molar-refractivity contribution in [3.05, 3.63) is 47.0 Å². The Labute approximate surface area is 181 Å². The smallest absolute Gasteiger partial charge is 0.227 e. The molecule has 2 aromatic carbocycles. The highest BCUT2D eigenvalue weighted by molar-refractivity contribution is 6.06. The highest BCUT2D eigenvalue weighted by Gasteiger charge is 2.43. The number of anilines is 1. The summed E-state index contributed by atoms with van der Waals surface area (Å²) in [6.45, 7) is 6.19. The van der Waals surface area contributed by atoms with Crippen molar-refractivity contribution in [2.45, 2.75) is 58.5 Å². The van der Waals surface area contributed by atoms with E-state index < -0.39 is 5.66 Å². The second-order valence-electron chi connectivity index (χ2n) is 8.77. The average molecular weight is 417 g/mol. The molecule has 1 fully saturated rings. The monoisotopic (exact) mass is 416 g/mol. The van der Waals surface area contributed by atoms with Crippen LogP contribution >= 0.6 is 0 Å². The summed E-state index contributed by atoms with van der Waals surface area (Å²) in [7, 11) is 0. The largest absolute Gasteiger partial charge is 0.436 e. The highest BCUT2D eigenvalue weighted by atomic mass is 16.3. The lowest BCUT2D eigenvalue weighted by Crippen LogP contribution is -2.58. The molecule has 0 saturated heterocycles. The number of oxazole rings is 1. The minimum atomic E-state index is -0.480. The van der Waals surface area contributed by atoms with Gasteiger partial charge in [0.05, 0.1) is 0 Å². The van der Waals surface area contributed by atoms with Gasteiger partial charge in [0.2, 0.25) is 17.8 Å². The SMILES string of the molecule is Cc1cc(C)c2oc(-c3ccc(C)c(N4C(N)=NC(N)=NC45CCCCC5)c3)nc2c1. The van der Waals surface area contributed by atoms with Gasteiger partial charge in [-0.05, 0) is 81.3 Å². The second kappa shape index (κ2) is 7.11. The van der Waals surface area contributed by atoms with Gasteiger partial charge in [0, 0.05) is 11.3 Å². The predicted molar refractivity (Wildman–Crippen MR) is 125 cm³/mol. The van der Waals surface area contributed by atoms with E-state index in [1.165, 1.54) is 12.0 Å². The molecule has 4 N–H and O–H groups in total. The van der Waals surface area contributed by atoms with Gasteiger partial charge in [-0.15, -0.1) is 0 Å². The third kappa shape index (κ3) is 3.24. The van der Waals surface area contributed by atoms with Gasteiger partial charge in [0.25, 0.3) is 0 Å². The maximum Gasteiger partial charge on any atom is 0.227 e. The summed E-state index contributed by atoms with van der Waals surface area (Å²) in [5.74, 6) is 1.24. The second-order valence-corrected chi connectivity index (χ2v) is 8.77. The zero-order valence-electron chi connectivity index (χ0n) is 18.3. The molecule has 1 saturated carbocycles. The van der Waals surface area contributed by atoms with Crippen molar-refractivity contribution in [3.8, 4) is 11.5 Å². The standard InChI is InChI=1S/C24H28N6O/c1-14-11-16(3)20-18(12-14)27-21(31-20)17-8-7-15(2)19(13-17)30-23(26)28-22(25)29-24(30)9-5-4-6-10-24/h7-8,11-13H,4-6,9-10H2,1-3H3,(H4,25,26,28,29). The van der Waals surface area contributed by atoms with E-state index in [1.807, 2.05) is 19.1 Å². The lowest BCUT2D eigenvalue weighted by molar-refractivity contribution is 0.305. The Morgan fingerprint density at radius 2 is 1.74 bits per heavy atom. The topological polar surface area (TPSA) is 106 Å². The number of aryl methyl sites for hydroxylation is 3. The molecule has 5 rings (SSSR count). The Balaban J connectivity index is 1.63. The molecule has 0 amide bonds. The highest BCUT2D eigenvalue weighted by Crippen LogP contribution is 2.41. The molecule has 0 radical (unpaired) electrons. The van der Waals surface area contributed by atoms with Gasteiger partial charge >= 0.3 is 0 Å². The number of benzene rings is 2. The number of nitrogens with zero attached hydrogens (tertiary/aromatic N) is 4. The molecule has 1 spiro atoms. The first-order valence-electron chi connectivity index (χ1n) is 10.8. The number of hydrogen-bond donors (Lipinski definition) is 2. The van der Waals surface area contributed by atoms with Crippen LogP contribution in [0.15, 0.2) is 44.7 Å². The van der Waals surface area contributed by atoms with Crippen LogP contribution < -0.4 is 16.4 Å². The Hall–Kier alpha value is -3.35. The van der Waals surface area contributed by atoms with Crippen LogP contribution in [0.5, 0.6) is 0 Å². The van der Waals surface area contributed by atoms with E-state index in [1.54, 1.807) is 0 Å². The van der Waals surface area contributed by atoms with Crippen molar-refractivity contribution in [2.24, 2.45) is 21.5 Å². The maximum atomic E-state index is 6.44. The number of aromatic nitrogens is 1. The fourth-order valence-electron chi connectivity index (χ4n) is 4.95. The molecule has 0 bridgehead atoms. The lowest BCUT2D eigenvalue weighted by atomic mass is 9.87. The lowest BCUT2D eigenvalue weighted by Gasteiger charge is -2.46. The number of nitrogens with two attached hydrogens (primary N) is 2. The van der Waals surface area contributed by atoms with Gasteiger partial charge in [-0.2, -0.15) is 4.99 Å². The molecule has 160 valence electrons. The molecule has 2 heterocycles. The van der Waals surface area contributed by atoms with Crippen molar-refractivity contribution < 1.29 is 4.42 Å². The zero-order chi connectivity index (χ0) is 21.8. The van der Waals surface area contributed by atoms with Crippen molar-refractivity contribution in [1.29, 1.82) is 0 Å². The molecule has 1 aromatic heterocycles. The summed E-state index contributed by atoms with van der Waals surface area (Å²) in [5.41, 5.74) is 18.9. The van der Waals surface area contributed by atoms with E-state index in [-0.39, 0.29) is 5.96 Å². The number of aliphatic imine (C=N–C) groups is 2. The Kier molecular flexibility index (Phi) is 4.50. The fraction of sp³-hybridized carbons (Fsp3) is 0.375. The number of rotatable bonds is 2. The fourth-order valence-corrected chi connectivity index (χ4v) is 4.95. The molecule has 0 atom stereocenters. The molecule has 3 aromatic rings. The van der Waals surface area contributed by atoms with E-state index in [2.05, 4.69) is 41.9 Å². The molecular formula is C24H28N6O. The van der Waals surface area contributed by atoms with E-state index in [0.29, 0.717) is 11.9 Å². The first-order valence-corrected chi connectivity index (χ1v) is 10.8. The quantitative estimate of drug-likeness (QED) is 0.638. The predicted octanol–water partition coefficient (Wildman–Crippen LogP) is 4.53. The number of hydrogen-bond acceptors (Lipinski definition) is 7. The van der Waals surface area contributed by atoms with Crippen LogP contribution in [0.2, 0.25) is 0 Å². The first kappa shape index (κ1) is 19.6. The third-order valence-electron chi connectivity index (χ3n) is 6.37. The van der Waals surface area contributed by atoms with Crippen LogP contribution in [-0.4, -0.2) is 22.6 Å². The summed E-state index contributed by atoms with van der Waals surface area (Å²) in [4.78, 5) is 15.9. The van der Waals surface area contributed by atoms with Crippen LogP contribution in [0.25, 0.3) is 22.6 Å². The van der Waals surface area contributed by atoms with E-state index in [9.17, 15) is 0 Å². The van der Waals surface area contributed by atoms with Crippen LogP contribution in [0, 0.1) is 20.8 Å². The van der Waals surface area contributed by atoms with Gasteiger partial charge in [-0.25, -0.2) is 9.98 Å². The van der Waals surface area contributed by atoms with Gasteiger partial charge in [-0.3, -0.25) is 4.90 Å². The van der Waals surface area contributed by atoms with E-state index >= 15 is 0 Å². The van der Waals surface area contributed by atoms with E-state index in [4.69, 9.17) is 25.9 Å². The van der Waals surface area contributed by atoms with Crippen molar-refractivity contribution >= 4 is 28.7 Å².